The van der Waals surface area contributed by atoms with E-state index in [9.17, 15) is 13.8 Å². The molecule has 1 aliphatic heterocycles. The van der Waals surface area contributed by atoms with E-state index in [1.165, 1.54) is 69.8 Å². The molecular formula is C47H84N2O5S. The van der Waals surface area contributed by atoms with Crippen LogP contribution < -0.4 is 5.32 Å². The van der Waals surface area contributed by atoms with Crippen molar-refractivity contribution in [1.82, 2.24) is 10.2 Å². The van der Waals surface area contributed by atoms with Gasteiger partial charge in [0.2, 0.25) is 0 Å². The van der Waals surface area contributed by atoms with Crippen LogP contribution in [-0.4, -0.2) is 70.6 Å². The van der Waals surface area contributed by atoms with Crippen molar-refractivity contribution < 1.29 is 23.3 Å². The SMILES string of the molecule is C=C(C)C.CCC1CN(CCNC23CCC[C@@H]2C2CCC4C(C)(CCC5C(C)(C)C(OC(=O)CC(C)(C)C)CCC54C)C2CC3)CS1=O.CCCCOC=O. The minimum atomic E-state index is -0.664. The van der Waals surface area contributed by atoms with Crippen molar-refractivity contribution in [2.24, 2.45) is 51.2 Å². The minimum Gasteiger partial charge on any atom is -0.468 e. The number of ether oxygens (including phenoxy) is 2. The number of unbranched alkanes of at least 4 members (excludes halogenated alkanes) is 1. The Balaban J connectivity index is 0.000000538. The van der Waals surface area contributed by atoms with Gasteiger partial charge in [0.1, 0.15) is 6.10 Å². The molecule has 8 heteroatoms. The first kappa shape index (κ1) is 46.4. The van der Waals surface area contributed by atoms with Crippen LogP contribution in [0.2, 0.25) is 0 Å². The van der Waals surface area contributed by atoms with Gasteiger partial charge in [-0.3, -0.25) is 18.7 Å². The first-order chi connectivity index (χ1) is 25.8. The lowest BCUT2D eigenvalue weighted by Gasteiger charge is -2.69. The van der Waals surface area contributed by atoms with Crippen molar-refractivity contribution in [1.29, 1.82) is 0 Å². The van der Waals surface area contributed by atoms with Gasteiger partial charge in [-0.1, -0.05) is 80.7 Å². The third kappa shape index (κ3) is 10.7. The standard InChI is InChI=1S/C38H66N2O3S.C5H10O2.C4H8/c1-9-26-24-40(25-44(26)42)22-21-39-38-17-10-11-29(38)27-12-13-31-36(7,28(27)14-20-38)18-15-30-35(5,6)32(16-19-37(30,31)8)43-33(41)23-34(2,3)4;1-2-3-4-7-5-6;1-4(2)3/h26-32,39H,9-25H2,1-8H3;5H,2-4H2,1H3;1H2,2-3H3/t26?,27?,28?,29-,30?,31?,32?,36?,37?,38?,44?;;/m1../s1. The van der Waals surface area contributed by atoms with Gasteiger partial charge in [0.05, 0.1) is 18.9 Å². The number of esters is 1. The van der Waals surface area contributed by atoms with Crippen molar-refractivity contribution in [2.45, 2.75) is 189 Å². The molecule has 7 nitrogen and oxygen atoms in total. The van der Waals surface area contributed by atoms with Crippen LogP contribution in [0.25, 0.3) is 0 Å². The molecule has 6 fully saturated rings. The number of hydrogen-bond donors (Lipinski definition) is 1. The maximum absolute atomic E-state index is 12.9. The summed E-state index contributed by atoms with van der Waals surface area (Å²) in [6.45, 7) is 32.5. The van der Waals surface area contributed by atoms with E-state index in [1.54, 1.807) is 0 Å². The number of carbonyl (C=O) groups excluding carboxylic acids is 2. The number of fused-ring (bicyclic) bond motifs is 7. The molecule has 5 aliphatic carbocycles. The molecule has 0 spiro atoms. The summed E-state index contributed by atoms with van der Waals surface area (Å²) >= 11 is 0. The van der Waals surface area contributed by atoms with E-state index in [1.807, 2.05) is 20.8 Å². The average molecular weight is 789 g/mol. The maximum atomic E-state index is 12.9. The van der Waals surface area contributed by atoms with Crippen LogP contribution in [0.3, 0.4) is 0 Å². The molecule has 1 heterocycles. The largest absolute Gasteiger partial charge is 0.468 e. The van der Waals surface area contributed by atoms with Crippen LogP contribution >= 0.6 is 0 Å². The maximum Gasteiger partial charge on any atom is 0.306 e. The van der Waals surface area contributed by atoms with Gasteiger partial charge in [-0.05, 0) is 137 Å². The molecule has 0 radical (unpaired) electrons. The fourth-order valence-corrected chi connectivity index (χ4v) is 14.8. The summed E-state index contributed by atoms with van der Waals surface area (Å²) in [5.41, 5.74) is 2.27. The van der Waals surface area contributed by atoms with E-state index in [4.69, 9.17) is 4.74 Å². The Morgan fingerprint density at radius 3 is 2.24 bits per heavy atom. The summed E-state index contributed by atoms with van der Waals surface area (Å²) in [5.74, 6) is 4.73. The van der Waals surface area contributed by atoms with Gasteiger partial charge in [-0.2, -0.15) is 0 Å². The molecule has 6 aliphatic rings. The fraction of sp³-hybridized carbons (Fsp3) is 0.915. The van der Waals surface area contributed by atoms with Gasteiger partial charge in [0.15, 0.2) is 0 Å². The highest BCUT2D eigenvalue weighted by Gasteiger charge is 2.66. The zero-order valence-electron chi connectivity index (χ0n) is 37.4. The number of nitrogens with zero attached hydrogens (tertiary/aromatic N) is 1. The Labute approximate surface area is 340 Å². The third-order valence-corrected chi connectivity index (χ3v) is 17.4. The zero-order chi connectivity index (χ0) is 40.8. The molecule has 0 aromatic carbocycles. The molecule has 1 N–H and O–H groups in total. The van der Waals surface area contributed by atoms with E-state index in [-0.39, 0.29) is 22.9 Å². The Hall–Kier alpha value is -1.25. The van der Waals surface area contributed by atoms with Gasteiger partial charge in [-0.15, -0.1) is 6.58 Å². The fourth-order valence-electron chi connectivity index (χ4n) is 13.3. The smallest absolute Gasteiger partial charge is 0.306 e. The van der Waals surface area contributed by atoms with Crippen LogP contribution in [0, 0.1) is 51.2 Å². The Kier molecular flexibility index (Phi) is 16.2. The number of nitrogens with one attached hydrogen (secondary N) is 1. The van der Waals surface area contributed by atoms with Gasteiger partial charge in [-0.25, -0.2) is 0 Å². The molecule has 5 saturated carbocycles. The third-order valence-electron chi connectivity index (χ3n) is 15.6. The lowest BCUT2D eigenvalue weighted by Crippen LogP contribution is -2.65. The normalized spacial score (nSPS) is 39.0. The molecule has 6 rings (SSSR count). The molecule has 318 valence electrons. The van der Waals surface area contributed by atoms with Crippen molar-refractivity contribution in [3.05, 3.63) is 12.2 Å². The van der Waals surface area contributed by atoms with Gasteiger partial charge in [0.25, 0.3) is 6.47 Å². The van der Waals surface area contributed by atoms with Crippen molar-refractivity contribution in [2.75, 3.05) is 32.1 Å². The molecule has 0 amide bonds. The van der Waals surface area contributed by atoms with Gasteiger partial charge in [0, 0.05) is 46.6 Å². The summed E-state index contributed by atoms with van der Waals surface area (Å²) < 4.78 is 23.1. The quantitative estimate of drug-likeness (QED) is 0.0966. The Bertz CT molecular complexity index is 1310. The molecule has 1 saturated heterocycles. The van der Waals surface area contributed by atoms with E-state index in [2.05, 4.69) is 76.9 Å². The van der Waals surface area contributed by atoms with Crippen molar-refractivity contribution in [3.63, 3.8) is 0 Å². The van der Waals surface area contributed by atoms with E-state index >= 15 is 0 Å². The van der Waals surface area contributed by atoms with Crippen LogP contribution in [-0.2, 0) is 29.9 Å². The summed E-state index contributed by atoms with van der Waals surface area (Å²) in [6, 6.07) is 0. The summed E-state index contributed by atoms with van der Waals surface area (Å²) in [7, 11) is -0.664. The molecule has 10 unspecified atom stereocenters. The van der Waals surface area contributed by atoms with Crippen LogP contribution in [0.15, 0.2) is 12.2 Å². The highest BCUT2D eigenvalue weighted by atomic mass is 32.2. The van der Waals surface area contributed by atoms with Gasteiger partial charge >= 0.3 is 5.97 Å². The second-order valence-electron chi connectivity index (χ2n) is 21.3. The molecular weight excluding hydrogens is 705 g/mol. The Morgan fingerprint density at radius 1 is 0.927 bits per heavy atom. The highest BCUT2D eigenvalue weighted by molar-refractivity contribution is 7.85. The summed E-state index contributed by atoms with van der Waals surface area (Å²) in [5, 5.41) is 4.58. The van der Waals surface area contributed by atoms with E-state index < -0.39 is 10.8 Å². The zero-order valence-corrected chi connectivity index (χ0v) is 38.2. The molecule has 11 atom stereocenters. The molecule has 0 aromatic heterocycles. The average Bonchev–Trinajstić information content (AvgIpc) is 3.68. The van der Waals surface area contributed by atoms with Crippen molar-refractivity contribution in [3.8, 4) is 0 Å². The lowest BCUT2D eigenvalue weighted by molar-refractivity contribution is -0.220. The first-order valence-electron chi connectivity index (χ1n) is 22.5. The Morgan fingerprint density at radius 2 is 1.62 bits per heavy atom. The monoisotopic (exact) mass is 789 g/mol. The van der Waals surface area contributed by atoms with Crippen molar-refractivity contribution >= 4 is 23.2 Å². The predicted octanol–water partition coefficient (Wildman–Crippen LogP) is 10.5. The predicted molar refractivity (Wildman–Crippen MR) is 229 cm³/mol. The molecule has 0 bridgehead atoms. The van der Waals surface area contributed by atoms with Crippen LogP contribution in [0.4, 0.5) is 0 Å². The van der Waals surface area contributed by atoms with E-state index in [0.717, 1.165) is 74.9 Å². The topological polar surface area (TPSA) is 84.9 Å². The second-order valence-corrected chi connectivity index (χ2v) is 23.0. The number of hydrogen-bond acceptors (Lipinski definition) is 7. The van der Waals surface area contributed by atoms with Crippen LogP contribution in [0.5, 0.6) is 0 Å². The molecule has 0 aromatic rings. The first-order valence-corrected chi connectivity index (χ1v) is 23.9. The van der Waals surface area contributed by atoms with E-state index in [0.29, 0.717) is 47.0 Å². The second kappa shape index (κ2) is 19.2. The van der Waals surface area contributed by atoms with Gasteiger partial charge < -0.3 is 14.8 Å². The number of allylic oxidation sites excluding steroid dienone is 1. The highest BCUT2D eigenvalue weighted by Crippen LogP contribution is 2.72. The lowest BCUT2D eigenvalue weighted by atomic mass is 9.36. The number of carbonyl (C=O) groups is 2. The van der Waals surface area contributed by atoms with Crippen LogP contribution in [0.1, 0.15) is 172 Å². The summed E-state index contributed by atoms with van der Waals surface area (Å²) in [6.07, 6.45) is 18.2. The summed E-state index contributed by atoms with van der Waals surface area (Å²) in [4.78, 5) is 24.8. The minimum absolute atomic E-state index is 0.00301. The molecule has 55 heavy (non-hydrogen) atoms. The number of rotatable bonds is 11.